The summed E-state index contributed by atoms with van der Waals surface area (Å²) in [5, 5.41) is 0. The van der Waals surface area contributed by atoms with Crippen LogP contribution >= 0.6 is 0 Å². The summed E-state index contributed by atoms with van der Waals surface area (Å²) in [6, 6.07) is 6.94. The van der Waals surface area contributed by atoms with E-state index < -0.39 is 10.0 Å². The highest BCUT2D eigenvalue weighted by Gasteiger charge is 2.29. The molecule has 1 aromatic rings. The highest BCUT2D eigenvalue weighted by molar-refractivity contribution is 7.89. The van der Waals surface area contributed by atoms with Gasteiger partial charge >= 0.3 is 0 Å². The first-order valence-corrected chi connectivity index (χ1v) is 8.73. The first-order chi connectivity index (χ1) is 9.95. The average Bonchev–Trinajstić information content (AvgIpc) is 2.47. The number of aryl methyl sites for hydroxylation is 1. The van der Waals surface area contributed by atoms with Crippen LogP contribution in [0.5, 0.6) is 0 Å². The van der Waals surface area contributed by atoms with Crippen molar-refractivity contribution < 1.29 is 13.2 Å². The predicted molar refractivity (Wildman–Crippen MR) is 81.4 cm³/mol. The third kappa shape index (κ3) is 3.63. The van der Waals surface area contributed by atoms with Gasteiger partial charge in [-0.05, 0) is 31.0 Å². The van der Waals surface area contributed by atoms with Crippen LogP contribution in [0.15, 0.2) is 29.2 Å². The number of rotatable bonds is 4. The summed E-state index contributed by atoms with van der Waals surface area (Å²) >= 11 is 0. The molecule has 1 saturated heterocycles. The highest BCUT2D eigenvalue weighted by Crippen LogP contribution is 2.18. The van der Waals surface area contributed by atoms with Crippen LogP contribution in [0.3, 0.4) is 0 Å². The van der Waals surface area contributed by atoms with Crippen molar-refractivity contribution in [1.82, 2.24) is 9.21 Å². The minimum Gasteiger partial charge on any atom is -0.340 e. The van der Waals surface area contributed by atoms with Gasteiger partial charge in [-0.3, -0.25) is 4.79 Å². The molecular formula is C15H22N2O3S. The Hall–Kier alpha value is -1.40. The molecule has 2 rings (SSSR count). The van der Waals surface area contributed by atoms with Crippen LogP contribution < -0.4 is 0 Å². The Balaban J connectivity index is 2.06. The van der Waals surface area contributed by atoms with E-state index >= 15 is 0 Å². The summed E-state index contributed by atoms with van der Waals surface area (Å²) < 4.78 is 26.6. The lowest BCUT2D eigenvalue weighted by Crippen LogP contribution is -2.50. The number of carbonyl (C=O) groups excluding carboxylic acids is 1. The first-order valence-electron chi connectivity index (χ1n) is 7.29. The molecule has 116 valence electrons. The van der Waals surface area contributed by atoms with E-state index in [0.717, 1.165) is 12.0 Å². The number of sulfonamides is 1. The van der Waals surface area contributed by atoms with Gasteiger partial charge < -0.3 is 4.90 Å². The maximum absolute atomic E-state index is 12.6. The molecule has 6 heteroatoms. The van der Waals surface area contributed by atoms with Crippen molar-refractivity contribution in [2.45, 2.75) is 31.6 Å². The molecule has 0 aromatic heterocycles. The molecule has 0 unspecified atom stereocenters. The average molecular weight is 310 g/mol. The molecule has 5 nitrogen and oxygen atoms in total. The molecular weight excluding hydrogens is 288 g/mol. The van der Waals surface area contributed by atoms with Gasteiger partial charge in [0.2, 0.25) is 15.9 Å². The minimum atomic E-state index is -3.45. The molecule has 1 aliphatic rings. The molecule has 1 aliphatic heterocycles. The lowest BCUT2D eigenvalue weighted by molar-refractivity contribution is -0.132. The smallest absolute Gasteiger partial charge is 0.243 e. The van der Waals surface area contributed by atoms with Crippen LogP contribution in [0.25, 0.3) is 0 Å². The molecule has 1 heterocycles. The molecule has 1 amide bonds. The number of hydrogen-bond acceptors (Lipinski definition) is 3. The van der Waals surface area contributed by atoms with Crippen LogP contribution in [0.4, 0.5) is 0 Å². The van der Waals surface area contributed by atoms with Crippen molar-refractivity contribution in [3.8, 4) is 0 Å². The van der Waals surface area contributed by atoms with E-state index in [4.69, 9.17) is 0 Å². The molecule has 1 aromatic carbocycles. The second-order valence-corrected chi connectivity index (χ2v) is 7.29. The molecule has 0 radical (unpaired) electrons. The lowest BCUT2D eigenvalue weighted by atomic mass is 10.2. The number of nitrogens with zero attached hydrogens (tertiary/aromatic N) is 2. The van der Waals surface area contributed by atoms with Gasteiger partial charge in [0.1, 0.15) is 0 Å². The lowest BCUT2D eigenvalue weighted by Gasteiger charge is -2.34. The topological polar surface area (TPSA) is 57.7 Å². The van der Waals surface area contributed by atoms with E-state index in [2.05, 4.69) is 0 Å². The largest absolute Gasteiger partial charge is 0.340 e. The Morgan fingerprint density at radius 1 is 1.19 bits per heavy atom. The molecule has 21 heavy (non-hydrogen) atoms. The third-order valence-electron chi connectivity index (χ3n) is 3.68. The molecule has 0 saturated carbocycles. The SMILES string of the molecule is CCCC(=O)N1CCN(S(=O)(=O)c2cccc(C)c2)CC1. The molecule has 1 fully saturated rings. The monoisotopic (exact) mass is 310 g/mol. The first kappa shape index (κ1) is 16.0. The van der Waals surface area contributed by atoms with Gasteiger partial charge in [0, 0.05) is 32.6 Å². The van der Waals surface area contributed by atoms with Gasteiger partial charge in [0.05, 0.1) is 4.90 Å². The van der Waals surface area contributed by atoms with Gasteiger partial charge in [-0.1, -0.05) is 19.1 Å². The van der Waals surface area contributed by atoms with Gasteiger partial charge in [0.15, 0.2) is 0 Å². The van der Waals surface area contributed by atoms with E-state index in [1.165, 1.54) is 4.31 Å². The van der Waals surface area contributed by atoms with Crippen molar-refractivity contribution in [3.05, 3.63) is 29.8 Å². The number of amides is 1. The van der Waals surface area contributed by atoms with Gasteiger partial charge in [0.25, 0.3) is 0 Å². The van der Waals surface area contributed by atoms with Crippen molar-refractivity contribution >= 4 is 15.9 Å². The molecule has 0 atom stereocenters. The molecule has 0 bridgehead atoms. The Morgan fingerprint density at radius 2 is 1.86 bits per heavy atom. The number of hydrogen-bond donors (Lipinski definition) is 0. The fraction of sp³-hybridized carbons (Fsp3) is 0.533. The second-order valence-electron chi connectivity index (χ2n) is 5.35. The Labute approximate surface area is 126 Å². The Kier molecular flexibility index (Phi) is 5.00. The Morgan fingerprint density at radius 3 is 2.43 bits per heavy atom. The second kappa shape index (κ2) is 6.58. The number of benzene rings is 1. The van der Waals surface area contributed by atoms with Crippen LogP contribution in [0, 0.1) is 6.92 Å². The van der Waals surface area contributed by atoms with Crippen LogP contribution in [-0.4, -0.2) is 49.7 Å². The maximum atomic E-state index is 12.6. The minimum absolute atomic E-state index is 0.116. The zero-order valence-corrected chi connectivity index (χ0v) is 13.4. The third-order valence-corrected chi connectivity index (χ3v) is 5.58. The van der Waals surface area contributed by atoms with Crippen molar-refractivity contribution in [3.63, 3.8) is 0 Å². The quantitative estimate of drug-likeness (QED) is 0.849. The summed E-state index contributed by atoms with van der Waals surface area (Å²) in [6.07, 6.45) is 1.35. The van der Waals surface area contributed by atoms with Crippen molar-refractivity contribution in [2.75, 3.05) is 26.2 Å². The van der Waals surface area contributed by atoms with Crippen molar-refractivity contribution in [1.29, 1.82) is 0 Å². The fourth-order valence-electron chi connectivity index (χ4n) is 2.47. The Bertz CT molecular complexity index is 605. The highest BCUT2D eigenvalue weighted by atomic mass is 32.2. The van der Waals surface area contributed by atoms with Crippen LogP contribution in [-0.2, 0) is 14.8 Å². The van der Waals surface area contributed by atoms with Gasteiger partial charge in [-0.25, -0.2) is 8.42 Å². The maximum Gasteiger partial charge on any atom is 0.243 e. The summed E-state index contributed by atoms with van der Waals surface area (Å²) in [5.41, 5.74) is 0.924. The zero-order valence-electron chi connectivity index (χ0n) is 12.6. The normalized spacial score (nSPS) is 17.0. The summed E-state index contributed by atoms with van der Waals surface area (Å²) in [4.78, 5) is 13.9. The van der Waals surface area contributed by atoms with Crippen LogP contribution in [0.1, 0.15) is 25.3 Å². The van der Waals surface area contributed by atoms with Crippen molar-refractivity contribution in [2.24, 2.45) is 0 Å². The summed E-state index contributed by atoms with van der Waals surface area (Å²) in [7, 11) is -3.45. The van der Waals surface area contributed by atoms with E-state index in [9.17, 15) is 13.2 Å². The molecule has 0 aliphatic carbocycles. The predicted octanol–water partition coefficient (Wildman–Crippen LogP) is 1.63. The van der Waals surface area contributed by atoms with E-state index in [1.807, 2.05) is 19.9 Å². The molecule has 0 spiro atoms. The van der Waals surface area contributed by atoms with E-state index in [0.29, 0.717) is 37.5 Å². The fourth-order valence-corrected chi connectivity index (χ4v) is 4.00. The zero-order chi connectivity index (χ0) is 15.5. The summed E-state index contributed by atoms with van der Waals surface area (Å²) in [5.74, 6) is 0.116. The standard InChI is InChI=1S/C15H22N2O3S/c1-3-5-15(18)16-8-10-17(11-9-16)21(19,20)14-7-4-6-13(2)12-14/h4,6-7,12H,3,5,8-11H2,1-2H3. The van der Waals surface area contributed by atoms with Gasteiger partial charge in [-0.15, -0.1) is 0 Å². The number of carbonyl (C=O) groups is 1. The number of piperazine rings is 1. The van der Waals surface area contributed by atoms with E-state index in [-0.39, 0.29) is 5.91 Å². The van der Waals surface area contributed by atoms with Gasteiger partial charge in [-0.2, -0.15) is 4.31 Å². The van der Waals surface area contributed by atoms with E-state index in [1.54, 1.807) is 23.1 Å². The van der Waals surface area contributed by atoms with Crippen LogP contribution in [0.2, 0.25) is 0 Å². The molecule has 0 N–H and O–H groups in total. The summed E-state index contributed by atoms with van der Waals surface area (Å²) in [6.45, 7) is 5.53.